The SMILES string of the molecule is CC(CCC(CN)C(=O)O)Cc1cccc(C(F)(F)F)c1. The zero-order valence-electron chi connectivity index (χ0n) is 11.9. The van der Waals surface area contributed by atoms with Crippen LogP contribution in [0.15, 0.2) is 24.3 Å². The van der Waals surface area contributed by atoms with Gasteiger partial charge in [-0.2, -0.15) is 13.2 Å². The van der Waals surface area contributed by atoms with Crippen molar-refractivity contribution in [1.82, 2.24) is 0 Å². The molecule has 0 spiro atoms. The normalized spacial score (nSPS) is 14.7. The molecule has 1 aromatic carbocycles. The van der Waals surface area contributed by atoms with E-state index in [1.807, 2.05) is 6.92 Å². The van der Waals surface area contributed by atoms with Crippen molar-refractivity contribution in [2.24, 2.45) is 17.6 Å². The molecule has 0 aliphatic carbocycles. The molecule has 0 heterocycles. The van der Waals surface area contributed by atoms with Crippen molar-refractivity contribution in [2.45, 2.75) is 32.4 Å². The van der Waals surface area contributed by atoms with Gasteiger partial charge in [0.2, 0.25) is 0 Å². The second kappa shape index (κ2) is 7.45. The molecule has 0 radical (unpaired) electrons. The number of alkyl halides is 3. The van der Waals surface area contributed by atoms with Crippen LogP contribution in [0.25, 0.3) is 0 Å². The van der Waals surface area contributed by atoms with Gasteiger partial charge in [-0.3, -0.25) is 4.79 Å². The second-order valence-corrected chi connectivity index (χ2v) is 5.36. The molecule has 0 aromatic heterocycles. The first-order valence-corrected chi connectivity index (χ1v) is 6.83. The molecule has 3 nitrogen and oxygen atoms in total. The van der Waals surface area contributed by atoms with Gasteiger partial charge in [-0.05, 0) is 36.8 Å². The maximum Gasteiger partial charge on any atom is 0.416 e. The lowest BCUT2D eigenvalue weighted by molar-refractivity contribution is -0.141. The number of aliphatic carboxylic acids is 1. The van der Waals surface area contributed by atoms with Crippen LogP contribution in [-0.4, -0.2) is 17.6 Å². The Balaban J connectivity index is 2.59. The Morgan fingerprint density at radius 1 is 1.33 bits per heavy atom. The molecule has 21 heavy (non-hydrogen) atoms. The van der Waals surface area contributed by atoms with E-state index in [-0.39, 0.29) is 12.5 Å². The van der Waals surface area contributed by atoms with Crippen molar-refractivity contribution in [3.8, 4) is 0 Å². The van der Waals surface area contributed by atoms with Crippen LogP contribution >= 0.6 is 0 Å². The highest BCUT2D eigenvalue weighted by atomic mass is 19.4. The molecule has 2 unspecified atom stereocenters. The molecule has 0 amide bonds. The van der Waals surface area contributed by atoms with E-state index in [0.717, 1.165) is 12.1 Å². The first-order valence-electron chi connectivity index (χ1n) is 6.83. The molecule has 3 N–H and O–H groups in total. The molecule has 0 bridgehead atoms. The topological polar surface area (TPSA) is 63.3 Å². The Morgan fingerprint density at radius 2 is 2.00 bits per heavy atom. The van der Waals surface area contributed by atoms with Gasteiger partial charge in [0.05, 0.1) is 11.5 Å². The van der Waals surface area contributed by atoms with Crippen LogP contribution in [0, 0.1) is 11.8 Å². The van der Waals surface area contributed by atoms with Crippen LogP contribution in [0.3, 0.4) is 0 Å². The standard InChI is InChI=1S/C15H20F3NO2/c1-10(5-6-12(9-19)14(20)21)7-11-3-2-4-13(8-11)15(16,17)18/h2-4,8,10,12H,5-7,9,19H2,1H3,(H,20,21). The fourth-order valence-corrected chi connectivity index (χ4v) is 2.21. The average molecular weight is 303 g/mol. The van der Waals surface area contributed by atoms with Gasteiger partial charge in [0.1, 0.15) is 0 Å². The van der Waals surface area contributed by atoms with Crippen molar-refractivity contribution in [2.75, 3.05) is 6.54 Å². The van der Waals surface area contributed by atoms with E-state index in [4.69, 9.17) is 10.8 Å². The summed E-state index contributed by atoms with van der Waals surface area (Å²) in [5.41, 5.74) is 5.33. The third-order valence-electron chi connectivity index (χ3n) is 3.48. The zero-order valence-corrected chi connectivity index (χ0v) is 11.9. The summed E-state index contributed by atoms with van der Waals surface area (Å²) in [6.45, 7) is 1.97. The van der Waals surface area contributed by atoms with Gasteiger partial charge >= 0.3 is 12.1 Å². The number of carboxylic acids is 1. The number of hydrogen-bond acceptors (Lipinski definition) is 2. The molecule has 0 saturated heterocycles. The monoisotopic (exact) mass is 303 g/mol. The Labute approximate surface area is 122 Å². The number of carboxylic acid groups (broad SMARTS) is 1. The summed E-state index contributed by atoms with van der Waals surface area (Å²) in [5, 5.41) is 8.90. The van der Waals surface area contributed by atoms with E-state index in [0.29, 0.717) is 24.8 Å². The maximum absolute atomic E-state index is 12.6. The Bertz CT molecular complexity index is 474. The van der Waals surface area contributed by atoms with Crippen molar-refractivity contribution < 1.29 is 23.1 Å². The Morgan fingerprint density at radius 3 is 2.52 bits per heavy atom. The van der Waals surface area contributed by atoms with Crippen LogP contribution in [0.5, 0.6) is 0 Å². The summed E-state index contributed by atoms with van der Waals surface area (Å²) in [5.74, 6) is -1.42. The predicted molar refractivity (Wildman–Crippen MR) is 73.7 cm³/mol. The number of rotatable bonds is 7. The van der Waals surface area contributed by atoms with Gasteiger partial charge in [0, 0.05) is 6.54 Å². The lowest BCUT2D eigenvalue weighted by Crippen LogP contribution is -2.23. The smallest absolute Gasteiger partial charge is 0.416 e. The second-order valence-electron chi connectivity index (χ2n) is 5.36. The number of carbonyl (C=O) groups is 1. The quantitative estimate of drug-likeness (QED) is 0.812. The molecular weight excluding hydrogens is 283 g/mol. The summed E-state index contributed by atoms with van der Waals surface area (Å²) in [6.07, 6.45) is -2.80. The summed E-state index contributed by atoms with van der Waals surface area (Å²) in [4.78, 5) is 10.9. The largest absolute Gasteiger partial charge is 0.481 e. The zero-order chi connectivity index (χ0) is 16.0. The van der Waals surface area contributed by atoms with Gasteiger partial charge in [-0.25, -0.2) is 0 Å². The lowest BCUT2D eigenvalue weighted by atomic mass is 9.92. The van der Waals surface area contributed by atoms with Gasteiger partial charge in [-0.1, -0.05) is 25.1 Å². The highest BCUT2D eigenvalue weighted by molar-refractivity contribution is 5.70. The molecule has 0 fully saturated rings. The van der Waals surface area contributed by atoms with E-state index in [1.165, 1.54) is 6.07 Å². The van der Waals surface area contributed by atoms with Crippen molar-refractivity contribution >= 4 is 5.97 Å². The van der Waals surface area contributed by atoms with E-state index >= 15 is 0 Å². The number of benzene rings is 1. The van der Waals surface area contributed by atoms with Gasteiger partial charge < -0.3 is 10.8 Å². The average Bonchev–Trinajstić information content (AvgIpc) is 2.38. The van der Waals surface area contributed by atoms with E-state index < -0.39 is 23.6 Å². The maximum atomic E-state index is 12.6. The van der Waals surface area contributed by atoms with Crippen molar-refractivity contribution in [3.63, 3.8) is 0 Å². The summed E-state index contributed by atoms with van der Waals surface area (Å²) in [7, 11) is 0. The van der Waals surface area contributed by atoms with E-state index in [1.54, 1.807) is 6.07 Å². The van der Waals surface area contributed by atoms with Crippen LogP contribution in [0.4, 0.5) is 13.2 Å². The summed E-state index contributed by atoms with van der Waals surface area (Å²) < 4.78 is 37.8. The molecule has 6 heteroatoms. The molecule has 118 valence electrons. The third kappa shape index (κ3) is 5.75. The third-order valence-corrected chi connectivity index (χ3v) is 3.48. The fourth-order valence-electron chi connectivity index (χ4n) is 2.21. The predicted octanol–water partition coefficient (Wildman–Crippen LogP) is 3.32. The number of hydrogen-bond donors (Lipinski definition) is 2. The molecule has 0 aliphatic rings. The van der Waals surface area contributed by atoms with Gasteiger partial charge in [-0.15, -0.1) is 0 Å². The van der Waals surface area contributed by atoms with E-state index in [9.17, 15) is 18.0 Å². The Hall–Kier alpha value is -1.56. The minimum Gasteiger partial charge on any atom is -0.481 e. The van der Waals surface area contributed by atoms with Gasteiger partial charge in [0.15, 0.2) is 0 Å². The summed E-state index contributed by atoms with van der Waals surface area (Å²) >= 11 is 0. The van der Waals surface area contributed by atoms with Crippen LogP contribution < -0.4 is 5.73 Å². The van der Waals surface area contributed by atoms with Crippen LogP contribution in [-0.2, 0) is 17.4 Å². The number of nitrogens with two attached hydrogens (primary N) is 1. The van der Waals surface area contributed by atoms with Gasteiger partial charge in [0.25, 0.3) is 0 Å². The van der Waals surface area contributed by atoms with Crippen molar-refractivity contribution in [3.05, 3.63) is 35.4 Å². The minimum absolute atomic E-state index is 0.0750. The first-order chi connectivity index (χ1) is 9.74. The molecule has 0 aliphatic heterocycles. The lowest BCUT2D eigenvalue weighted by Gasteiger charge is -2.15. The Kier molecular flexibility index (Phi) is 6.20. The first kappa shape index (κ1) is 17.5. The van der Waals surface area contributed by atoms with Crippen LogP contribution in [0.2, 0.25) is 0 Å². The summed E-state index contributed by atoms with van der Waals surface area (Å²) in [6, 6.07) is 5.24. The highest BCUT2D eigenvalue weighted by Crippen LogP contribution is 2.30. The molecule has 0 saturated carbocycles. The minimum atomic E-state index is -4.34. The number of halogens is 3. The molecule has 2 atom stereocenters. The highest BCUT2D eigenvalue weighted by Gasteiger charge is 2.30. The van der Waals surface area contributed by atoms with E-state index in [2.05, 4.69) is 0 Å². The van der Waals surface area contributed by atoms with Crippen molar-refractivity contribution in [1.29, 1.82) is 0 Å². The molecular formula is C15H20F3NO2. The fraction of sp³-hybridized carbons (Fsp3) is 0.533. The molecule has 1 aromatic rings. The van der Waals surface area contributed by atoms with Crippen LogP contribution in [0.1, 0.15) is 30.9 Å². The molecule has 1 rings (SSSR count).